The van der Waals surface area contributed by atoms with Crippen LogP contribution in [0.4, 0.5) is 5.69 Å². The van der Waals surface area contributed by atoms with Crippen LogP contribution in [-0.4, -0.2) is 12.1 Å². The summed E-state index contributed by atoms with van der Waals surface area (Å²) in [6.07, 6.45) is 2.05. The lowest BCUT2D eigenvalue weighted by atomic mass is 10.2. The molecule has 20 heavy (non-hydrogen) atoms. The molecule has 3 rings (SSSR count). The van der Waals surface area contributed by atoms with Crippen LogP contribution in [0.2, 0.25) is 0 Å². The number of hydrogen-bond donors (Lipinski definition) is 2. The number of benzene rings is 2. The van der Waals surface area contributed by atoms with Crippen LogP contribution >= 0.6 is 15.9 Å². The zero-order valence-corrected chi connectivity index (χ0v) is 12.7. The van der Waals surface area contributed by atoms with Crippen molar-refractivity contribution >= 4 is 32.5 Å². The van der Waals surface area contributed by atoms with Crippen molar-refractivity contribution < 1.29 is 4.74 Å². The second-order valence-electron chi connectivity index (χ2n) is 4.56. The largest absolute Gasteiger partial charge is 0.495 e. The van der Waals surface area contributed by atoms with E-state index >= 15 is 0 Å². The van der Waals surface area contributed by atoms with E-state index in [2.05, 4.69) is 44.4 Å². The topological polar surface area (TPSA) is 37.0 Å². The molecule has 4 heteroatoms. The van der Waals surface area contributed by atoms with Gasteiger partial charge >= 0.3 is 0 Å². The lowest BCUT2D eigenvalue weighted by Gasteiger charge is -2.09. The fourth-order valence-corrected chi connectivity index (χ4v) is 2.65. The first-order chi connectivity index (χ1) is 9.78. The van der Waals surface area contributed by atoms with Crippen molar-refractivity contribution in [2.75, 3.05) is 12.4 Å². The number of rotatable bonds is 4. The molecule has 0 spiro atoms. The molecule has 2 aromatic carbocycles. The van der Waals surface area contributed by atoms with Crippen LogP contribution in [0.1, 0.15) is 5.56 Å². The van der Waals surface area contributed by atoms with E-state index in [9.17, 15) is 0 Å². The van der Waals surface area contributed by atoms with Crippen molar-refractivity contribution in [3.63, 3.8) is 0 Å². The lowest BCUT2D eigenvalue weighted by molar-refractivity contribution is 0.412. The van der Waals surface area contributed by atoms with Crippen LogP contribution in [-0.2, 0) is 6.54 Å². The molecule has 0 saturated heterocycles. The van der Waals surface area contributed by atoms with Gasteiger partial charge < -0.3 is 15.0 Å². The van der Waals surface area contributed by atoms with E-state index in [1.807, 2.05) is 30.5 Å². The van der Waals surface area contributed by atoms with E-state index in [-0.39, 0.29) is 0 Å². The Labute approximate surface area is 126 Å². The first-order valence-corrected chi connectivity index (χ1v) is 7.19. The lowest BCUT2D eigenvalue weighted by Crippen LogP contribution is -1.99. The van der Waals surface area contributed by atoms with Gasteiger partial charge in [-0.2, -0.15) is 0 Å². The molecule has 0 aliphatic heterocycles. The van der Waals surface area contributed by atoms with E-state index < -0.39 is 0 Å². The molecule has 0 aliphatic carbocycles. The number of aromatic amines is 1. The van der Waals surface area contributed by atoms with Crippen LogP contribution in [0, 0.1) is 0 Å². The van der Waals surface area contributed by atoms with Crippen LogP contribution in [0.3, 0.4) is 0 Å². The zero-order valence-electron chi connectivity index (χ0n) is 11.1. The highest BCUT2D eigenvalue weighted by molar-refractivity contribution is 9.10. The third-order valence-corrected chi connectivity index (χ3v) is 3.96. The second kappa shape index (κ2) is 5.59. The summed E-state index contributed by atoms with van der Waals surface area (Å²) in [5.41, 5.74) is 3.45. The third-order valence-electron chi connectivity index (χ3n) is 3.31. The van der Waals surface area contributed by atoms with Gasteiger partial charge in [0.1, 0.15) is 5.75 Å². The second-order valence-corrected chi connectivity index (χ2v) is 5.42. The summed E-state index contributed by atoms with van der Waals surface area (Å²) in [5.74, 6) is 0.828. The summed E-state index contributed by atoms with van der Waals surface area (Å²) < 4.78 is 6.26. The normalized spacial score (nSPS) is 10.7. The number of anilines is 1. The number of aromatic nitrogens is 1. The molecule has 0 fully saturated rings. The molecular weight excluding hydrogens is 316 g/mol. The maximum absolute atomic E-state index is 5.30. The molecule has 3 aromatic rings. The van der Waals surface area contributed by atoms with Crippen LogP contribution in [0.15, 0.2) is 53.1 Å². The number of para-hydroxylation sites is 1. The molecule has 0 unspecified atom stereocenters. The van der Waals surface area contributed by atoms with Gasteiger partial charge in [-0.1, -0.05) is 18.2 Å². The summed E-state index contributed by atoms with van der Waals surface area (Å²) in [7, 11) is 1.67. The van der Waals surface area contributed by atoms with E-state index in [1.54, 1.807) is 7.11 Å². The van der Waals surface area contributed by atoms with Gasteiger partial charge in [-0.3, -0.25) is 0 Å². The molecule has 0 atom stereocenters. The van der Waals surface area contributed by atoms with E-state index in [0.717, 1.165) is 28.0 Å². The molecule has 3 nitrogen and oxygen atoms in total. The highest BCUT2D eigenvalue weighted by atomic mass is 79.9. The van der Waals surface area contributed by atoms with Crippen molar-refractivity contribution in [3.8, 4) is 5.75 Å². The first kappa shape index (κ1) is 13.1. The van der Waals surface area contributed by atoms with Crippen LogP contribution < -0.4 is 10.1 Å². The predicted molar refractivity (Wildman–Crippen MR) is 86.3 cm³/mol. The first-order valence-electron chi connectivity index (χ1n) is 6.40. The van der Waals surface area contributed by atoms with Crippen molar-refractivity contribution in [1.29, 1.82) is 0 Å². The average molecular weight is 331 g/mol. The molecular formula is C16H15BrN2O. The molecule has 0 radical (unpaired) electrons. The van der Waals surface area contributed by atoms with Gasteiger partial charge in [0.05, 0.1) is 11.6 Å². The Morgan fingerprint density at radius 3 is 2.90 bits per heavy atom. The Bertz CT molecular complexity index is 736. The predicted octanol–water partition coefficient (Wildman–Crippen LogP) is 4.55. The minimum absolute atomic E-state index is 0.773. The summed E-state index contributed by atoms with van der Waals surface area (Å²) in [5, 5.41) is 4.67. The van der Waals surface area contributed by atoms with Gasteiger partial charge in [-0.05, 0) is 39.7 Å². The van der Waals surface area contributed by atoms with Gasteiger partial charge in [0.25, 0.3) is 0 Å². The maximum atomic E-state index is 5.30. The third kappa shape index (κ3) is 2.51. The number of fused-ring (bicyclic) bond motifs is 1. The Balaban J connectivity index is 1.79. The van der Waals surface area contributed by atoms with Crippen molar-refractivity contribution in [1.82, 2.24) is 4.98 Å². The molecule has 0 saturated carbocycles. The number of halogens is 1. The van der Waals surface area contributed by atoms with E-state index in [1.165, 1.54) is 10.9 Å². The summed E-state index contributed by atoms with van der Waals surface area (Å²) in [6.45, 7) is 0.773. The smallest absolute Gasteiger partial charge is 0.135 e. The number of hydrogen-bond acceptors (Lipinski definition) is 2. The Morgan fingerprint density at radius 1 is 1.20 bits per heavy atom. The molecule has 102 valence electrons. The van der Waals surface area contributed by atoms with Gasteiger partial charge in [0, 0.05) is 35.4 Å². The summed E-state index contributed by atoms with van der Waals surface area (Å²) >= 11 is 3.46. The molecule has 0 bridgehead atoms. The molecule has 1 heterocycles. The SMILES string of the molecule is COc1cc(NCc2c[nH]c3ccccc23)ccc1Br. The maximum Gasteiger partial charge on any atom is 0.135 e. The molecule has 1 aromatic heterocycles. The van der Waals surface area contributed by atoms with Crippen molar-refractivity contribution in [3.05, 3.63) is 58.7 Å². The van der Waals surface area contributed by atoms with E-state index in [4.69, 9.17) is 4.74 Å². The van der Waals surface area contributed by atoms with Crippen molar-refractivity contribution in [2.24, 2.45) is 0 Å². The Hall–Kier alpha value is -1.94. The standard InChI is InChI=1S/C16H15BrN2O/c1-20-16-8-12(6-7-14(16)17)18-9-11-10-19-15-5-3-2-4-13(11)15/h2-8,10,18-19H,9H2,1H3. The van der Waals surface area contributed by atoms with Gasteiger partial charge in [-0.15, -0.1) is 0 Å². The molecule has 2 N–H and O–H groups in total. The number of nitrogens with one attached hydrogen (secondary N) is 2. The Morgan fingerprint density at radius 2 is 2.05 bits per heavy atom. The Kier molecular flexibility index (Phi) is 3.65. The number of methoxy groups -OCH3 is 1. The monoisotopic (exact) mass is 330 g/mol. The van der Waals surface area contributed by atoms with Gasteiger partial charge in [0.15, 0.2) is 0 Å². The molecule has 0 aliphatic rings. The molecule has 0 amide bonds. The van der Waals surface area contributed by atoms with Gasteiger partial charge in [-0.25, -0.2) is 0 Å². The quantitative estimate of drug-likeness (QED) is 0.736. The van der Waals surface area contributed by atoms with Crippen molar-refractivity contribution in [2.45, 2.75) is 6.54 Å². The number of H-pyrrole nitrogens is 1. The van der Waals surface area contributed by atoms with E-state index in [0.29, 0.717) is 0 Å². The van der Waals surface area contributed by atoms with Gasteiger partial charge in [0.2, 0.25) is 0 Å². The highest BCUT2D eigenvalue weighted by Crippen LogP contribution is 2.28. The van der Waals surface area contributed by atoms with Crippen LogP contribution in [0.25, 0.3) is 10.9 Å². The fraction of sp³-hybridized carbons (Fsp3) is 0.125. The minimum Gasteiger partial charge on any atom is -0.495 e. The average Bonchev–Trinajstić information content (AvgIpc) is 2.90. The fourth-order valence-electron chi connectivity index (χ4n) is 2.24. The highest BCUT2D eigenvalue weighted by Gasteiger charge is 2.04. The summed E-state index contributed by atoms with van der Waals surface area (Å²) in [6, 6.07) is 14.3. The zero-order chi connectivity index (χ0) is 13.9. The summed E-state index contributed by atoms with van der Waals surface area (Å²) in [4.78, 5) is 3.28. The van der Waals surface area contributed by atoms with Crippen LogP contribution in [0.5, 0.6) is 5.75 Å². The minimum atomic E-state index is 0.773. The number of ether oxygens (including phenoxy) is 1.